The highest BCUT2D eigenvalue weighted by Gasteiger charge is 2.25. The Kier molecular flexibility index (Phi) is 5.56. The maximum atomic E-state index is 11.6. The van der Waals surface area contributed by atoms with Crippen molar-refractivity contribution in [3.05, 3.63) is 0 Å². The summed E-state index contributed by atoms with van der Waals surface area (Å²) < 4.78 is 0. The van der Waals surface area contributed by atoms with Gasteiger partial charge in [-0.05, 0) is 26.4 Å². The summed E-state index contributed by atoms with van der Waals surface area (Å²) >= 11 is 0. The van der Waals surface area contributed by atoms with Crippen LogP contribution in [-0.4, -0.2) is 65.3 Å². The molecule has 8 nitrogen and oxygen atoms in total. The molecule has 1 aliphatic heterocycles. The summed E-state index contributed by atoms with van der Waals surface area (Å²) in [5.41, 5.74) is 0. The molecule has 0 radical (unpaired) electrons. The molecule has 2 amide bonds. The molecule has 0 aromatic heterocycles. The Morgan fingerprint density at radius 3 is 2.58 bits per heavy atom. The Labute approximate surface area is 110 Å². The number of carboxylic acid groups (broad SMARTS) is 2. The summed E-state index contributed by atoms with van der Waals surface area (Å²) in [4.78, 5) is 35.0. The second-order valence-electron chi connectivity index (χ2n) is 4.71. The molecule has 1 rings (SSSR count). The molecule has 0 bridgehead atoms. The molecule has 1 aliphatic rings. The van der Waals surface area contributed by atoms with E-state index in [-0.39, 0.29) is 6.04 Å². The van der Waals surface area contributed by atoms with Gasteiger partial charge in [-0.15, -0.1) is 0 Å². The van der Waals surface area contributed by atoms with Crippen molar-refractivity contribution in [3.63, 3.8) is 0 Å². The van der Waals surface area contributed by atoms with E-state index in [1.165, 1.54) is 0 Å². The molecule has 19 heavy (non-hydrogen) atoms. The molecule has 1 saturated heterocycles. The van der Waals surface area contributed by atoms with Crippen LogP contribution in [0, 0.1) is 0 Å². The second-order valence-corrected chi connectivity index (χ2v) is 4.71. The summed E-state index contributed by atoms with van der Waals surface area (Å²) in [7, 11) is 1.94. The van der Waals surface area contributed by atoms with Crippen molar-refractivity contribution in [2.45, 2.75) is 31.3 Å². The lowest BCUT2D eigenvalue weighted by molar-refractivity contribution is -0.145. The highest BCUT2D eigenvalue weighted by molar-refractivity contribution is 5.86. The van der Waals surface area contributed by atoms with Crippen LogP contribution in [0.5, 0.6) is 0 Å². The predicted octanol–water partition coefficient (Wildman–Crippen LogP) is -0.692. The highest BCUT2D eigenvalue weighted by Crippen LogP contribution is 2.07. The maximum Gasteiger partial charge on any atom is 0.326 e. The fourth-order valence-corrected chi connectivity index (χ4v) is 2.04. The minimum absolute atomic E-state index is 0.0435. The number of carbonyl (C=O) groups is 3. The number of carbonyl (C=O) groups excluding carboxylic acids is 1. The van der Waals surface area contributed by atoms with Crippen molar-refractivity contribution in [1.29, 1.82) is 0 Å². The van der Waals surface area contributed by atoms with Crippen molar-refractivity contribution in [3.8, 4) is 0 Å². The summed E-state index contributed by atoms with van der Waals surface area (Å²) in [6, 6.07) is -2.11. The third-order valence-electron chi connectivity index (χ3n) is 2.94. The molecular formula is C11H19N3O5. The van der Waals surface area contributed by atoms with E-state index in [2.05, 4.69) is 15.5 Å². The lowest BCUT2D eigenvalue weighted by atomic mass is 10.1. The van der Waals surface area contributed by atoms with E-state index in [1.54, 1.807) is 0 Å². The molecule has 2 unspecified atom stereocenters. The Morgan fingerprint density at radius 1 is 1.37 bits per heavy atom. The van der Waals surface area contributed by atoms with Crippen LogP contribution in [0.3, 0.4) is 0 Å². The van der Waals surface area contributed by atoms with Gasteiger partial charge in [0, 0.05) is 12.6 Å². The SMILES string of the molecule is CN1CCCC(NC(=O)NC(CC(=O)O)C(=O)O)C1. The lowest BCUT2D eigenvalue weighted by Gasteiger charge is -2.30. The smallest absolute Gasteiger partial charge is 0.326 e. The Hall–Kier alpha value is -1.83. The Balaban J connectivity index is 2.43. The summed E-state index contributed by atoms with van der Waals surface area (Å²) in [5.74, 6) is -2.64. The number of piperidine rings is 1. The second kappa shape index (κ2) is 6.93. The van der Waals surface area contributed by atoms with E-state index in [4.69, 9.17) is 10.2 Å². The van der Waals surface area contributed by atoms with Gasteiger partial charge in [0.15, 0.2) is 0 Å². The molecule has 2 atom stereocenters. The first-order valence-corrected chi connectivity index (χ1v) is 6.08. The average Bonchev–Trinajstić information content (AvgIpc) is 2.27. The fourth-order valence-electron chi connectivity index (χ4n) is 2.04. The highest BCUT2D eigenvalue weighted by atomic mass is 16.4. The summed E-state index contributed by atoms with van der Waals surface area (Å²) in [6.45, 7) is 1.67. The molecule has 1 heterocycles. The van der Waals surface area contributed by atoms with Crippen molar-refractivity contribution < 1.29 is 24.6 Å². The topological polar surface area (TPSA) is 119 Å². The first-order valence-electron chi connectivity index (χ1n) is 6.08. The van der Waals surface area contributed by atoms with Crippen LogP contribution in [-0.2, 0) is 9.59 Å². The number of hydrogen-bond acceptors (Lipinski definition) is 4. The fraction of sp³-hybridized carbons (Fsp3) is 0.727. The van der Waals surface area contributed by atoms with Crippen LogP contribution >= 0.6 is 0 Å². The van der Waals surface area contributed by atoms with Gasteiger partial charge >= 0.3 is 18.0 Å². The molecule has 0 aliphatic carbocycles. The van der Waals surface area contributed by atoms with Crippen LogP contribution in [0.1, 0.15) is 19.3 Å². The molecule has 0 aromatic carbocycles. The van der Waals surface area contributed by atoms with E-state index in [0.717, 1.165) is 19.4 Å². The van der Waals surface area contributed by atoms with Gasteiger partial charge in [0.05, 0.1) is 6.42 Å². The van der Waals surface area contributed by atoms with Crippen LogP contribution in [0.15, 0.2) is 0 Å². The number of rotatable bonds is 5. The molecule has 0 saturated carbocycles. The van der Waals surface area contributed by atoms with Gasteiger partial charge in [-0.25, -0.2) is 9.59 Å². The number of nitrogens with zero attached hydrogens (tertiary/aromatic N) is 1. The van der Waals surface area contributed by atoms with Crippen molar-refractivity contribution in [2.75, 3.05) is 20.1 Å². The average molecular weight is 273 g/mol. The molecule has 4 N–H and O–H groups in total. The van der Waals surface area contributed by atoms with Crippen LogP contribution in [0.4, 0.5) is 4.79 Å². The third-order valence-corrected chi connectivity index (χ3v) is 2.94. The zero-order valence-electron chi connectivity index (χ0n) is 10.8. The monoisotopic (exact) mass is 273 g/mol. The van der Waals surface area contributed by atoms with Gasteiger partial charge in [0.2, 0.25) is 0 Å². The molecular weight excluding hydrogens is 254 g/mol. The number of likely N-dealkylation sites (N-methyl/N-ethyl adjacent to an activating group) is 1. The predicted molar refractivity (Wildman–Crippen MR) is 65.9 cm³/mol. The number of amides is 2. The van der Waals surface area contributed by atoms with Crippen LogP contribution < -0.4 is 10.6 Å². The number of likely N-dealkylation sites (tertiary alicyclic amines) is 1. The summed E-state index contributed by atoms with van der Waals surface area (Å²) in [6.07, 6.45) is 1.14. The Morgan fingerprint density at radius 2 is 2.05 bits per heavy atom. The molecule has 8 heteroatoms. The number of carboxylic acids is 2. The molecule has 108 valence electrons. The zero-order chi connectivity index (χ0) is 14.4. The first kappa shape index (κ1) is 15.2. The van der Waals surface area contributed by atoms with E-state index >= 15 is 0 Å². The van der Waals surface area contributed by atoms with E-state index in [0.29, 0.717) is 6.54 Å². The largest absolute Gasteiger partial charge is 0.481 e. The minimum Gasteiger partial charge on any atom is -0.481 e. The maximum absolute atomic E-state index is 11.6. The standard InChI is InChI=1S/C11H19N3O5/c1-14-4-2-3-7(6-14)12-11(19)13-8(10(17)18)5-9(15)16/h7-8H,2-6H2,1H3,(H,15,16)(H,17,18)(H2,12,13,19). The van der Waals surface area contributed by atoms with Gasteiger partial charge in [-0.1, -0.05) is 0 Å². The van der Waals surface area contributed by atoms with Gasteiger partial charge < -0.3 is 25.7 Å². The van der Waals surface area contributed by atoms with Crippen molar-refractivity contribution in [1.82, 2.24) is 15.5 Å². The molecule has 0 aromatic rings. The Bertz CT molecular complexity index is 360. The van der Waals surface area contributed by atoms with Crippen molar-refractivity contribution >= 4 is 18.0 Å². The van der Waals surface area contributed by atoms with Gasteiger partial charge in [0.25, 0.3) is 0 Å². The number of aliphatic carboxylic acids is 2. The number of urea groups is 1. The quantitative estimate of drug-likeness (QED) is 0.526. The van der Waals surface area contributed by atoms with Gasteiger partial charge in [-0.3, -0.25) is 4.79 Å². The number of nitrogens with one attached hydrogen (secondary N) is 2. The van der Waals surface area contributed by atoms with Gasteiger partial charge in [0.1, 0.15) is 6.04 Å². The van der Waals surface area contributed by atoms with E-state index in [1.807, 2.05) is 7.05 Å². The number of hydrogen-bond donors (Lipinski definition) is 4. The van der Waals surface area contributed by atoms with Crippen molar-refractivity contribution in [2.24, 2.45) is 0 Å². The summed E-state index contributed by atoms with van der Waals surface area (Å²) in [5, 5.41) is 22.2. The lowest BCUT2D eigenvalue weighted by Crippen LogP contribution is -2.53. The zero-order valence-corrected chi connectivity index (χ0v) is 10.8. The van der Waals surface area contributed by atoms with Crippen LogP contribution in [0.25, 0.3) is 0 Å². The minimum atomic E-state index is -1.42. The third kappa shape index (κ3) is 5.56. The molecule has 1 fully saturated rings. The van der Waals surface area contributed by atoms with Crippen LogP contribution in [0.2, 0.25) is 0 Å². The van der Waals surface area contributed by atoms with Gasteiger partial charge in [-0.2, -0.15) is 0 Å². The first-order chi connectivity index (χ1) is 8.88. The normalized spacial score (nSPS) is 21.4. The molecule has 0 spiro atoms. The van der Waals surface area contributed by atoms with E-state index < -0.39 is 30.4 Å². The van der Waals surface area contributed by atoms with E-state index in [9.17, 15) is 14.4 Å².